The van der Waals surface area contributed by atoms with Crippen molar-refractivity contribution in [2.45, 2.75) is 28.9 Å². The van der Waals surface area contributed by atoms with Gasteiger partial charge in [0.15, 0.2) is 0 Å². The van der Waals surface area contributed by atoms with Crippen LogP contribution in [0.4, 0.5) is 5.69 Å². The quantitative estimate of drug-likeness (QED) is 0.514. The van der Waals surface area contributed by atoms with E-state index in [1.165, 1.54) is 16.7 Å². The first-order chi connectivity index (χ1) is 16.4. The molecule has 180 valence electrons. The van der Waals surface area contributed by atoms with Gasteiger partial charge in [0.1, 0.15) is 11.8 Å². The number of esters is 1. The van der Waals surface area contributed by atoms with Crippen molar-refractivity contribution in [2.75, 3.05) is 38.3 Å². The number of hydrogen-bond acceptors (Lipinski definition) is 7. The van der Waals surface area contributed by atoms with Crippen molar-refractivity contribution >= 4 is 35.2 Å². The lowest BCUT2D eigenvalue weighted by Gasteiger charge is -2.36. The molecule has 0 aromatic heterocycles. The predicted molar refractivity (Wildman–Crippen MR) is 127 cm³/mol. The zero-order valence-corrected chi connectivity index (χ0v) is 20.0. The molecule has 4 heterocycles. The highest BCUT2D eigenvalue weighted by molar-refractivity contribution is 8.02. The summed E-state index contributed by atoms with van der Waals surface area (Å²) in [6.45, 7) is 2.29. The number of β-amino-alcohol motifs (C(OH)–C–C–N with tert-alkyl or cyclic N) is 1. The SMILES string of the molecule is COc1ccc(N2CC=C[C@]34S[C@@]5(C)C=CCCOC(=O)[C@H]5[C@H]3C(=O)N(CCO)C4C2=O)cc1. The summed E-state index contributed by atoms with van der Waals surface area (Å²) in [5, 5.41) is 9.75. The number of amides is 2. The highest BCUT2D eigenvalue weighted by atomic mass is 32.2. The van der Waals surface area contributed by atoms with Gasteiger partial charge in [-0.1, -0.05) is 24.3 Å². The number of likely N-dealkylation sites (tertiary alicyclic amines) is 1. The molecule has 2 saturated heterocycles. The van der Waals surface area contributed by atoms with E-state index in [0.29, 0.717) is 24.4 Å². The summed E-state index contributed by atoms with van der Waals surface area (Å²) < 4.78 is 9.11. The lowest BCUT2D eigenvalue weighted by Crippen LogP contribution is -2.54. The topological polar surface area (TPSA) is 96.4 Å². The summed E-state index contributed by atoms with van der Waals surface area (Å²) in [6, 6.07) is 6.34. The molecule has 5 rings (SSSR count). The fourth-order valence-electron chi connectivity index (χ4n) is 5.83. The first-order valence-electron chi connectivity index (χ1n) is 11.5. The van der Waals surface area contributed by atoms with E-state index in [9.17, 15) is 19.5 Å². The summed E-state index contributed by atoms with van der Waals surface area (Å²) in [5.74, 6) is -1.74. The molecular formula is C25H28N2O6S. The van der Waals surface area contributed by atoms with Gasteiger partial charge >= 0.3 is 5.97 Å². The average Bonchev–Trinajstić information content (AvgIpc) is 3.13. The molecule has 2 amide bonds. The van der Waals surface area contributed by atoms with Crippen molar-refractivity contribution in [1.82, 2.24) is 4.90 Å². The minimum Gasteiger partial charge on any atom is -0.497 e. The zero-order valence-electron chi connectivity index (χ0n) is 19.2. The van der Waals surface area contributed by atoms with Crippen LogP contribution in [0.15, 0.2) is 48.6 Å². The van der Waals surface area contributed by atoms with Crippen LogP contribution in [-0.2, 0) is 19.1 Å². The third-order valence-corrected chi connectivity index (χ3v) is 9.04. The van der Waals surface area contributed by atoms with Crippen molar-refractivity contribution in [3.05, 3.63) is 48.6 Å². The Morgan fingerprint density at radius 3 is 2.59 bits per heavy atom. The number of thioether (sulfide) groups is 1. The van der Waals surface area contributed by atoms with Gasteiger partial charge in [-0.25, -0.2) is 0 Å². The molecule has 0 radical (unpaired) electrons. The summed E-state index contributed by atoms with van der Waals surface area (Å²) in [7, 11) is 1.58. The standard InChI is InChI=1S/C25H28N2O6S/c1-24-10-3-4-15-33-23(31)19(24)18-21(29)27(13-14-28)20-22(30)26(12-5-11-25(18,20)34-24)16-6-8-17(32-2)9-7-16/h3,5-11,18-20,28H,4,12-15H2,1-2H3/t18-,19+,20?,24-,25-/m0/s1. The number of hydrogen-bond donors (Lipinski definition) is 1. The number of aliphatic hydroxyl groups is 1. The summed E-state index contributed by atoms with van der Waals surface area (Å²) in [4.78, 5) is 44.2. The number of aliphatic hydroxyl groups excluding tert-OH is 1. The van der Waals surface area contributed by atoms with Crippen molar-refractivity contribution < 1.29 is 29.0 Å². The van der Waals surface area contributed by atoms with Crippen LogP contribution in [0.2, 0.25) is 0 Å². The molecule has 1 spiro atoms. The maximum atomic E-state index is 14.1. The molecule has 34 heavy (non-hydrogen) atoms. The Morgan fingerprint density at radius 1 is 1.12 bits per heavy atom. The van der Waals surface area contributed by atoms with Crippen LogP contribution in [0.1, 0.15) is 13.3 Å². The van der Waals surface area contributed by atoms with E-state index < -0.39 is 33.3 Å². The molecule has 1 aromatic rings. The Labute approximate surface area is 202 Å². The number of nitrogens with zero attached hydrogens (tertiary/aromatic N) is 2. The van der Waals surface area contributed by atoms with E-state index in [1.807, 2.05) is 43.4 Å². The maximum Gasteiger partial charge on any atom is 0.311 e. The molecule has 0 aliphatic carbocycles. The van der Waals surface area contributed by atoms with Crippen molar-refractivity contribution in [1.29, 1.82) is 0 Å². The van der Waals surface area contributed by atoms with Crippen molar-refractivity contribution in [2.24, 2.45) is 11.8 Å². The van der Waals surface area contributed by atoms with E-state index in [1.54, 1.807) is 24.1 Å². The Bertz CT molecular complexity index is 1070. The minimum absolute atomic E-state index is 0.0205. The van der Waals surface area contributed by atoms with Crippen LogP contribution in [0, 0.1) is 11.8 Å². The average molecular weight is 485 g/mol. The molecule has 9 heteroatoms. The van der Waals surface area contributed by atoms with Gasteiger partial charge in [0.2, 0.25) is 5.91 Å². The van der Waals surface area contributed by atoms with Gasteiger partial charge in [0.05, 0.1) is 36.9 Å². The zero-order chi connectivity index (χ0) is 24.1. The first kappa shape index (κ1) is 23.0. The Hall–Kier alpha value is -2.78. The van der Waals surface area contributed by atoms with Crippen LogP contribution in [0.3, 0.4) is 0 Å². The number of cyclic esters (lactones) is 1. The third kappa shape index (κ3) is 3.28. The second-order valence-electron chi connectivity index (χ2n) is 9.16. The number of methoxy groups -OCH3 is 1. The highest BCUT2D eigenvalue weighted by Crippen LogP contribution is 2.65. The molecule has 0 saturated carbocycles. The highest BCUT2D eigenvalue weighted by Gasteiger charge is 2.73. The van der Waals surface area contributed by atoms with Gasteiger partial charge < -0.3 is 24.4 Å². The lowest BCUT2D eigenvalue weighted by molar-refractivity contribution is -0.154. The molecule has 2 fully saturated rings. The molecule has 1 N–H and O–H groups in total. The van der Waals surface area contributed by atoms with Crippen LogP contribution < -0.4 is 9.64 Å². The molecular weight excluding hydrogens is 456 g/mol. The van der Waals surface area contributed by atoms with Gasteiger partial charge in [0.25, 0.3) is 5.91 Å². The first-order valence-corrected chi connectivity index (χ1v) is 12.3. The van der Waals surface area contributed by atoms with E-state index in [4.69, 9.17) is 9.47 Å². The minimum atomic E-state index is -0.947. The van der Waals surface area contributed by atoms with Crippen molar-refractivity contribution in [3.63, 3.8) is 0 Å². The Kier molecular flexibility index (Phi) is 5.72. The van der Waals surface area contributed by atoms with Crippen molar-refractivity contribution in [3.8, 4) is 5.75 Å². The maximum absolute atomic E-state index is 14.1. The Morgan fingerprint density at radius 2 is 1.88 bits per heavy atom. The molecule has 5 atom stereocenters. The predicted octanol–water partition coefficient (Wildman–Crippen LogP) is 1.78. The fraction of sp³-hybridized carbons (Fsp3) is 0.480. The largest absolute Gasteiger partial charge is 0.497 e. The van der Waals surface area contributed by atoms with E-state index in [0.717, 1.165) is 0 Å². The van der Waals surface area contributed by atoms with Crippen LogP contribution in [-0.4, -0.2) is 76.7 Å². The number of anilines is 1. The third-order valence-electron chi connectivity index (χ3n) is 7.24. The molecule has 4 aliphatic heterocycles. The second kappa shape index (κ2) is 8.46. The lowest BCUT2D eigenvalue weighted by atomic mass is 9.74. The smallest absolute Gasteiger partial charge is 0.311 e. The van der Waals surface area contributed by atoms with Gasteiger partial charge in [-0.15, -0.1) is 11.8 Å². The van der Waals surface area contributed by atoms with E-state index in [-0.39, 0.29) is 31.6 Å². The number of fused-ring (bicyclic) bond motifs is 2. The number of carbonyl (C=O) groups is 3. The molecule has 0 bridgehead atoms. The van der Waals surface area contributed by atoms with Crippen LogP contribution >= 0.6 is 11.8 Å². The monoisotopic (exact) mass is 484 g/mol. The summed E-state index contributed by atoms with van der Waals surface area (Å²) in [5.41, 5.74) is 0.687. The fourth-order valence-corrected chi connectivity index (χ4v) is 7.98. The number of rotatable bonds is 4. The van der Waals surface area contributed by atoms with Crippen LogP contribution in [0.25, 0.3) is 0 Å². The second-order valence-corrected chi connectivity index (χ2v) is 11.0. The number of carbonyl (C=O) groups excluding carboxylic acids is 3. The van der Waals surface area contributed by atoms with E-state index >= 15 is 0 Å². The molecule has 8 nitrogen and oxygen atoms in total. The van der Waals surface area contributed by atoms with Gasteiger partial charge in [-0.3, -0.25) is 14.4 Å². The summed E-state index contributed by atoms with van der Waals surface area (Å²) in [6.07, 6.45) is 8.46. The summed E-state index contributed by atoms with van der Waals surface area (Å²) >= 11 is 1.49. The number of ether oxygens (including phenoxy) is 2. The van der Waals surface area contributed by atoms with Gasteiger partial charge in [0, 0.05) is 23.5 Å². The number of benzene rings is 1. The van der Waals surface area contributed by atoms with Gasteiger partial charge in [-0.05, 0) is 37.6 Å². The normalized spacial score (nSPS) is 34.7. The Balaban J connectivity index is 1.62. The van der Waals surface area contributed by atoms with Gasteiger partial charge in [-0.2, -0.15) is 0 Å². The van der Waals surface area contributed by atoms with Crippen LogP contribution in [0.5, 0.6) is 5.75 Å². The van der Waals surface area contributed by atoms with E-state index in [2.05, 4.69) is 0 Å². The molecule has 1 unspecified atom stereocenters. The molecule has 4 aliphatic rings. The molecule has 1 aromatic carbocycles.